The van der Waals surface area contributed by atoms with E-state index in [1.165, 1.54) is 12.1 Å². The Balaban J connectivity index is 1.41. The molecule has 0 bridgehead atoms. The second-order valence-electron chi connectivity index (χ2n) is 8.64. The highest BCUT2D eigenvalue weighted by molar-refractivity contribution is 6.25. The molecule has 6 rings (SSSR count). The van der Waals surface area contributed by atoms with Crippen LogP contribution in [-0.4, -0.2) is 10.8 Å². The molecule has 6 nitrogen and oxygen atoms in total. The minimum Gasteiger partial charge on any atom is -0.457 e. The number of anilines is 1. The molecule has 0 unspecified atom stereocenters. The third kappa shape index (κ3) is 4.10. The normalized spacial score (nSPS) is 14.4. The molecule has 6 heteroatoms. The van der Waals surface area contributed by atoms with Gasteiger partial charge in [0, 0.05) is 28.7 Å². The van der Waals surface area contributed by atoms with Gasteiger partial charge in [0.2, 0.25) is 0 Å². The summed E-state index contributed by atoms with van der Waals surface area (Å²) in [5.41, 5.74) is 3.75. The lowest BCUT2D eigenvalue weighted by molar-refractivity contribution is -0.384. The molecular formula is C31H20N2O4. The first-order chi connectivity index (χ1) is 18.1. The highest BCUT2D eigenvalue weighted by atomic mass is 16.6. The number of amides is 1. The van der Waals surface area contributed by atoms with Crippen LogP contribution in [0.25, 0.3) is 33.9 Å². The Hall–Kier alpha value is -5.23. The molecule has 0 saturated heterocycles. The SMILES string of the molecule is O=C1/C(=C/c2ccc(-c3ccc([N+](=O)[O-])cc3)o2)C=C(c2ccccc2)N1c1cccc2ccccc12. The number of hydrogen-bond donors (Lipinski definition) is 0. The molecule has 1 aliphatic rings. The molecule has 0 saturated carbocycles. The Morgan fingerprint density at radius 3 is 2.27 bits per heavy atom. The molecule has 0 N–H and O–H groups in total. The van der Waals surface area contributed by atoms with Crippen molar-refractivity contribution in [3.8, 4) is 11.3 Å². The molecule has 0 atom stereocenters. The Bertz CT molecular complexity index is 1710. The average Bonchev–Trinajstić information content (AvgIpc) is 3.53. The van der Waals surface area contributed by atoms with Gasteiger partial charge in [-0.05, 0) is 53.4 Å². The molecule has 4 aromatic carbocycles. The lowest BCUT2D eigenvalue weighted by Gasteiger charge is -2.22. The largest absolute Gasteiger partial charge is 0.457 e. The van der Waals surface area contributed by atoms with Crippen LogP contribution in [0, 0.1) is 10.1 Å². The first-order valence-electron chi connectivity index (χ1n) is 11.7. The van der Waals surface area contributed by atoms with E-state index in [2.05, 4.69) is 0 Å². The number of hydrogen-bond acceptors (Lipinski definition) is 4. The van der Waals surface area contributed by atoms with Gasteiger partial charge >= 0.3 is 0 Å². The Morgan fingerprint density at radius 2 is 1.49 bits per heavy atom. The van der Waals surface area contributed by atoms with E-state index in [0.29, 0.717) is 22.7 Å². The third-order valence-electron chi connectivity index (χ3n) is 6.35. The van der Waals surface area contributed by atoms with E-state index >= 15 is 0 Å². The smallest absolute Gasteiger partial charge is 0.269 e. The summed E-state index contributed by atoms with van der Waals surface area (Å²) in [4.78, 5) is 26.1. The van der Waals surface area contributed by atoms with Crippen molar-refractivity contribution in [1.82, 2.24) is 0 Å². The maximum Gasteiger partial charge on any atom is 0.269 e. The average molecular weight is 485 g/mol. The van der Waals surface area contributed by atoms with Crippen molar-refractivity contribution in [3.05, 3.63) is 142 Å². The molecule has 5 aromatic rings. The molecule has 1 aliphatic heterocycles. The van der Waals surface area contributed by atoms with Crippen molar-refractivity contribution in [2.45, 2.75) is 0 Å². The molecule has 1 amide bonds. The number of furan rings is 1. The summed E-state index contributed by atoms with van der Waals surface area (Å²) in [5.74, 6) is 0.925. The van der Waals surface area contributed by atoms with Crippen LogP contribution in [-0.2, 0) is 4.79 Å². The number of carbonyl (C=O) groups excluding carboxylic acids is 1. The minimum atomic E-state index is -0.439. The van der Waals surface area contributed by atoms with Crippen LogP contribution in [0.3, 0.4) is 0 Å². The van der Waals surface area contributed by atoms with Crippen molar-refractivity contribution >= 4 is 39.8 Å². The van der Waals surface area contributed by atoms with E-state index in [0.717, 1.165) is 27.7 Å². The Labute approximate surface area is 212 Å². The predicted molar refractivity (Wildman–Crippen MR) is 145 cm³/mol. The maximum absolute atomic E-state index is 13.8. The number of nitro groups is 1. The summed E-state index contributed by atoms with van der Waals surface area (Å²) in [5, 5.41) is 13.0. The van der Waals surface area contributed by atoms with Gasteiger partial charge in [0.05, 0.1) is 16.3 Å². The zero-order chi connectivity index (χ0) is 25.4. The first-order valence-corrected chi connectivity index (χ1v) is 11.7. The fourth-order valence-electron chi connectivity index (χ4n) is 4.57. The minimum absolute atomic E-state index is 0.0151. The van der Waals surface area contributed by atoms with Crippen LogP contribution < -0.4 is 4.90 Å². The number of carbonyl (C=O) groups is 1. The van der Waals surface area contributed by atoms with Gasteiger partial charge in [-0.25, -0.2) is 0 Å². The van der Waals surface area contributed by atoms with Gasteiger partial charge in [-0.1, -0.05) is 66.7 Å². The van der Waals surface area contributed by atoms with Gasteiger partial charge in [0.25, 0.3) is 11.6 Å². The van der Waals surface area contributed by atoms with Crippen LogP contribution in [0.1, 0.15) is 11.3 Å². The van der Waals surface area contributed by atoms with Gasteiger partial charge in [-0.2, -0.15) is 0 Å². The molecular weight excluding hydrogens is 464 g/mol. The molecule has 0 spiro atoms. The van der Waals surface area contributed by atoms with Crippen molar-refractivity contribution < 1.29 is 14.1 Å². The van der Waals surface area contributed by atoms with Crippen LogP contribution in [0.4, 0.5) is 11.4 Å². The molecule has 37 heavy (non-hydrogen) atoms. The van der Waals surface area contributed by atoms with E-state index in [4.69, 9.17) is 4.42 Å². The number of rotatable bonds is 5. The molecule has 0 fully saturated rings. The van der Waals surface area contributed by atoms with Crippen LogP contribution in [0.2, 0.25) is 0 Å². The van der Waals surface area contributed by atoms with Gasteiger partial charge in [-0.15, -0.1) is 0 Å². The van der Waals surface area contributed by atoms with Crippen molar-refractivity contribution in [2.75, 3.05) is 4.90 Å². The van der Waals surface area contributed by atoms with Crippen LogP contribution in [0.15, 0.2) is 125 Å². The summed E-state index contributed by atoms with van der Waals surface area (Å²) in [7, 11) is 0. The molecule has 0 radical (unpaired) electrons. The molecule has 178 valence electrons. The first kappa shape index (κ1) is 22.2. The summed E-state index contributed by atoms with van der Waals surface area (Å²) < 4.78 is 5.99. The third-order valence-corrected chi connectivity index (χ3v) is 6.35. The molecule has 1 aromatic heterocycles. The van der Waals surface area contributed by atoms with Gasteiger partial charge in [0.1, 0.15) is 11.5 Å². The summed E-state index contributed by atoms with van der Waals surface area (Å²) in [6.45, 7) is 0. The van der Waals surface area contributed by atoms with E-state index in [-0.39, 0.29) is 11.6 Å². The Morgan fingerprint density at radius 1 is 0.757 bits per heavy atom. The highest BCUT2D eigenvalue weighted by Crippen LogP contribution is 2.39. The van der Waals surface area contributed by atoms with E-state index < -0.39 is 4.92 Å². The predicted octanol–water partition coefficient (Wildman–Crippen LogP) is 7.48. The Kier molecular flexibility index (Phi) is 5.47. The van der Waals surface area contributed by atoms with E-state index in [1.54, 1.807) is 35.2 Å². The number of benzene rings is 4. The van der Waals surface area contributed by atoms with Crippen LogP contribution >= 0.6 is 0 Å². The maximum atomic E-state index is 13.8. The zero-order valence-corrected chi connectivity index (χ0v) is 19.6. The fraction of sp³-hybridized carbons (Fsp3) is 0. The number of nitro benzene ring substituents is 1. The van der Waals surface area contributed by atoms with Crippen molar-refractivity contribution in [3.63, 3.8) is 0 Å². The second-order valence-corrected chi connectivity index (χ2v) is 8.64. The fourth-order valence-corrected chi connectivity index (χ4v) is 4.57. The summed E-state index contributed by atoms with van der Waals surface area (Å²) >= 11 is 0. The number of non-ortho nitro benzene ring substituents is 1. The molecule has 2 heterocycles. The lowest BCUT2D eigenvalue weighted by atomic mass is 10.1. The van der Waals surface area contributed by atoms with Crippen LogP contribution in [0.5, 0.6) is 0 Å². The summed E-state index contributed by atoms with van der Waals surface area (Å²) in [6.07, 6.45) is 3.61. The quantitative estimate of drug-likeness (QED) is 0.147. The topological polar surface area (TPSA) is 76.6 Å². The monoisotopic (exact) mass is 484 g/mol. The standard InChI is InChI=1S/C31H20N2O4/c34-31-24(19-26-17-18-30(37-26)23-13-15-25(16-14-23)33(35)36)20-29(22-8-2-1-3-9-22)32(31)28-12-6-10-21-7-4-5-11-27(21)28/h1-20H/b24-19+. The van der Waals surface area contributed by atoms with Gasteiger partial charge in [0.15, 0.2) is 0 Å². The molecule has 0 aliphatic carbocycles. The van der Waals surface area contributed by atoms with E-state index in [9.17, 15) is 14.9 Å². The summed E-state index contributed by atoms with van der Waals surface area (Å²) in [6, 6.07) is 33.5. The highest BCUT2D eigenvalue weighted by Gasteiger charge is 2.31. The van der Waals surface area contributed by atoms with Crippen molar-refractivity contribution in [1.29, 1.82) is 0 Å². The second kappa shape index (κ2) is 9.09. The lowest BCUT2D eigenvalue weighted by Crippen LogP contribution is -2.25. The van der Waals surface area contributed by atoms with Gasteiger partial charge in [-0.3, -0.25) is 19.8 Å². The number of nitrogens with zero attached hydrogens (tertiary/aromatic N) is 2. The van der Waals surface area contributed by atoms with Crippen molar-refractivity contribution in [2.24, 2.45) is 0 Å². The van der Waals surface area contributed by atoms with Gasteiger partial charge < -0.3 is 4.42 Å². The van der Waals surface area contributed by atoms with E-state index in [1.807, 2.05) is 78.9 Å². The number of fused-ring (bicyclic) bond motifs is 1. The zero-order valence-electron chi connectivity index (χ0n) is 19.6.